The number of aromatic nitrogens is 1. The Morgan fingerprint density at radius 3 is 2.88 bits per heavy atom. The third-order valence-electron chi connectivity index (χ3n) is 3.20. The summed E-state index contributed by atoms with van der Waals surface area (Å²) in [7, 11) is 1.75. The minimum absolute atomic E-state index is 0.0000274. The summed E-state index contributed by atoms with van der Waals surface area (Å²) in [4.78, 5) is 17.6. The van der Waals surface area contributed by atoms with Crippen molar-refractivity contribution >= 4 is 5.91 Å². The number of hydrogen-bond acceptors (Lipinski definition) is 4. The smallest absolute Gasteiger partial charge is 0.255 e. The van der Waals surface area contributed by atoms with Crippen LogP contribution in [0.1, 0.15) is 23.2 Å². The molecule has 1 saturated carbocycles. The molecule has 1 unspecified atom stereocenters. The molecule has 1 aromatic heterocycles. The number of rotatable bonds is 4. The van der Waals surface area contributed by atoms with Crippen LogP contribution in [-0.2, 0) is 0 Å². The molecular weight excluding hydrogens is 218 g/mol. The average molecular weight is 235 g/mol. The van der Waals surface area contributed by atoms with Crippen LogP contribution in [0.4, 0.5) is 0 Å². The topological polar surface area (TPSA) is 79.5 Å². The van der Waals surface area contributed by atoms with Gasteiger partial charge in [0.25, 0.3) is 5.91 Å². The normalized spacial score (nSPS) is 16.6. The van der Waals surface area contributed by atoms with E-state index in [1.807, 2.05) is 0 Å². The average Bonchev–Trinajstić information content (AvgIpc) is 3.13. The Kier molecular flexibility index (Phi) is 3.28. The van der Waals surface area contributed by atoms with Crippen LogP contribution in [0.15, 0.2) is 18.5 Å². The molecule has 1 atom stereocenters. The molecule has 1 fully saturated rings. The lowest BCUT2D eigenvalue weighted by Gasteiger charge is -2.27. The van der Waals surface area contributed by atoms with Gasteiger partial charge in [-0.15, -0.1) is 0 Å². The van der Waals surface area contributed by atoms with Crippen LogP contribution >= 0.6 is 0 Å². The maximum Gasteiger partial charge on any atom is 0.255 e. The van der Waals surface area contributed by atoms with Gasteiger partial charge in [0.15, 0.2) is 0 Å². The van der Waals surface area contributed by atoms with Gasteiger partial charge in [-0.2, -0.15) is 0 Å². The number of amides is 1. The van der Waals surface area contributed by atoms with Gasteiger partial charge in [-0.3, -0.25) is 9.78 Å². The van der Waals surface area contributed by atoms with Gasteiger partial charge >= 0.3 is 0 Å². The first-order valence-electron chi connectivity index (χ1n) is 5.74. The van der Waals surface area contributed by atoms with Crippen molar-refractivity contribution in [1.29, 1.82) is 0 Å². The first kappa shape index (κ1) is 11.9. The minimum Gasteiger partial charge on any atom is -0.506 e. The summed E-state index contributed by atoms with van der Waals surface area (Å²) in [5, 5.41) is 9.30. The lowest BCUT2D eigenvalue weighted by Crippen LogP contribution is -2.43. The van der Waals surface area contributed by atoms with Gasteiger partial charge in [0, 0.05) is 25.8 Å². The van der Waals surface area contributed by atoms with Gasteiger partial charge < -0.3 is 15.7 Å². The Morgan fingerprint density at radius 2 is 2.35 bits per heavy atom. The second-order valence-corrected chi connectivity index (χ2v) is 4.49. The summed E-state index contributed by atoms with van der Waals surface area (Å²) in [5.74, 6) is 0.384. The van der Waals surface area contributed by atoms with Crippen molar-refractivity contribution in [3.05, 3.63) is 24.0 Å². The summed E-state index contributed by atoms with van der Waals surface area (Å²) in [6.07, 6.45) is 5.03. The van der Waals surface area contributed by atoms with E-state index in [0.717, 1.165) is 12.8 Å². The molecule has 0 radical (unpaired) electrons. The number of aromatic hydroxyl groups is 1. The van der Waals surface area contributed by atoms with Crippen LogP contribution in [0.3, 0.4) is 0 Å². The van der Waals surface area contributed by atoms with Crippen LogP contribution in [-0.4, -0.2) is 40.5 Å². The molecular formula is C12H17N3O2. The zero-order valence-electron chi connectivity index (χ0n) is 9.84. The monoisotopic (exact) mass is 235 g/mol. The summed E-state index contributed by atoms with van der Waals surface area (Å²) in [5.41, 5.74) is 6.10. The highest BCUT2D eigenvalue weighted by molar-refractivity contribution is 5.94. The third kappa shape index (κ3) is 2.55. The second-order valence-electron chi connectivity index (χ2n) is 4.49. The molecule has 1 heterocycles. The number of hydrogen-bond donors (Lipinski definition) is 2. The van der Waals surface area contributed by atoms with Crippen molar-refractivity contribution in [2.75, 3.05) is 13.6 Å². The maximum absolute atomic E-state index is 12.1. The first-order chi connectivity index (χ1) is 8.13. The number of pyridine rings is 1. The standard InChI is InChI=1S/C12H17N3O2/c1-15(11(5-13)8-2-3-8)12(17)9-4-10(16)7-14-6-9/h4,6-8,11,16H,2-3,5,13H2,1H3. The first-order valence-corrected chi connectivity index (χ1v) is 5.74. The van der Waals surface area contributed by atoms with Crippen molar-refractivity contribution < 1.29 is 9.90 Å². The fourth-order valence-electron chi connectivity index (χ4n) is 2.05. The molecule has 1 aromatic rings. The van der Waals surface area contributed by atoms with Crippen LogP contribution in [0.25, 0.3) is 0 Å². The third-order valence-corrected chi connectivity index (χ3v) is 3.20. The van der Waals surface area contributed by atoms with Crippen molar-refractivity contribution in [2.45, 2.75) is 18.9 Å². The zero-order chi connectivity index (χ0) is 12.4. The van der Waals surface area contributed by atoms with Gasteiger partial charge in [0.1, 0.15) is 5.75 Å². The Hall–Kier alpha value is -1.62. The molecule has 2 rings (SSSR count). The molecule has 0 aromatic carbocycles. The van der Waals surface area contributed by atoms with E-state index in [4.69, 9.17) is 5.73 Å². The van der Waals surface area contributed by atoms with E-state index in [-0.39, 0.29) is 17.7 Å². The van der Waals surface area contributed by atoms with Gasteiger partial charge in [-0.25, -0.2) is 0 Å². The summed E-state index contributed by atoms with van der Waals surface area (Å²) >= 11 is 0. The molecule has 1 aliphatic carbocycles. The largest absolute Gasteiger partial charge is 0.506 e. The molecule has 0 saturated heterocycles. The Morgan fingerprint density at radius 1 is 1.65 bits per heavy atom. The lowest BCUT2D eigenvalue weighted by atomic mass is 10.1. The van der Waals surface area contributed by atoms with E-state index in [0.29, 0.717) is 18.0 Å². The molecule has 3 N–H and O–H groups in total. The van der Waals surface area contributed by atoms with E-state index >= 15 is 0 Å². The van der Waals surface area contributed by atoms with Crippen LogP contribution < -0.4 is 5.73 Å². The van der Waals surface area contributed by atoms with E-state index in [1.165, 1.54) is 18.5 Å². The second kappa shape index (κ2) is 4.71. The molecule has 1 aliphatic rings. The molecule has 5 nitrogen and oxygen atoms in total. The van der Waals surface area contributed by atoms with Crippen molar-refractivity contribution in [1.82, 2.24) is 9.88 Å². The lowest BCUT2D eigenvalue weighted by molar-refractivity contribution is 0.0718. The van der Waals surface area contributed by atoms with E-state index in [9.17, 15) is 9.90 Å². The minimum atomic E-state index is -0.143. The number of likely N-dealkylation sites (N-methyl/N-ethyl adjacent to an activating group) is 1. The van der Waals surface area contributed by atoms with Gasteiger partial charge in [0.2, 0.25) is 0 Å². The predicted molar refractivity (Wildman–Crippen MR) is 63.6 cm³/mol. The number of nitrogens with two attached hydrogens (primary N) is 1. The Balaban J connectivity index is 2.13. The van der Waals surface area contributed by atoms with E-state index < -0.39 is 0 Å². The SMILES string of the molecule is CN(C(=O)c1cncc(O)c1)C(CN)C1CC1. The summed E-state index contributed by atoms with van der Waals surface area (Å²) in [6, 6.07) is 1.51. The molecule has 0 aliphatic heterocycles. The summed E-state index contributed by atoms with van der Waals surface area (Å²) in [6.45, 7) is 0.471. The predicted octanol–water partition coefficient (Wildman–Crippen LogP) is 0.596. The molecule has 17 heavy (non-hydrogen) atoms. The number of nitrogens with zero attached hydrogens (tertiary/aromatic N) is 2. The number of carbonyl (C=O) groups is 1. The van der Waals surface area contributed by atoms with Gasteiger partial charge in [-0.1, -0.05) is 0 Å². The highest BCUT2D eigenvalue weighted by atomic mass is 16.3. The molecule has 5 heteroatoms. The van der Waals surface area contributed by atoms with E-state index in [1.54, 1.807) is 11.9 Å². The van der Waals surface area contributed by atoms with Crippen LogP contribution in [0.2, 0.25) is 0 Å². The van der Waals surface area contributed by atoms with Crippen molar-refractivity contribution in [2.24, 2.45) is 11.7 Å². The zero-order valence-corrected chi connectivity index (χ0v) is 9.84. The highest BCUT2D eigenvalue weighted by Crippen LogP contribution is 2.34. The van der Waals surface area contributed by atoms with Crippen molar-refractivity contribution in [3.63, 3.8) is 0 Å². The maximum atomic E-state index is 12.1. The van der Waals surface area contributed by atoms with Crippen LogP contribution in [0, 0.1) is 5.92 Å². The van der Waals surface area contributed by atoms with Gasteiger partial charge in [-0.05, 0) is 24.8 Å². The van der Waals surface area contributed by atoms with Gasteiger partial charge in [0.05, 0.1) is 11.8 Å². The molecule has 1 amide bonds. The van der Waals surface area contributed by atoms with Crippen LogP contribution in [0.5, 0.6) is 5.75 Å². The fourth-order valence-corrected chi connectivity index (χ4v) is 2.05. The highest BCUT2D eigenvalue weighted by Gasteiger charge is 2.35. The van der Waals surface area contributed by atoms with Crippen molar-refractivity contribution in [3.8, 4) is 5.75 Å². The van der Waals surface area contributed by atoms with E-state index in [2.05, 4.69) is 4.98 Å². The molecule has 0 bridgehead atoms. The molecule has 92 valence electrons. The fraction of sp³-hybridized carbons (Fsp3) is 0.500. The Labute approximate surface area is 100 Å². The Bertz CT molecular complexity index is 418. The summed E-state index contributed by atoms with van der Waals surface area (Å²) < 4.78 is 0. The number of carbonyl (C=O) groups excluding carboxylic acids is 1. The quantitative estimate of drug-likeness (QED) is 0.800. The molecule has 0 spiro atoms.